The molecule has 0 saturated heterocycles. The van der Waals surface area contributed by atoms with Crippen molar-refractivity contribution in [3.63, 3.8) is 0 Å². The van der Waals surface area contributed by atoms with Crippen molar-refractivity contribution in [2.75, 3.05) is 13.7 Å². The second kappa shape index (κ2) is 7.15. The molecule has 0 aliphatic heterocycles. The molecule has 2 aromatic carbocycles. The van der Waals surface area contributed by atoms with E-state index in [9.17, 15) is 0 Å². The van der Waals surface area contributed by atoms with Crippen LogP contribution >= 0.6 is 22.6 Å². The summed E-state index contributed by atoms with van der Waals surface area (Å²) in [4.78, 5) is 3.32. The van der Waals surface area contributed by atoms with Gasteiger partial charge in [0, 0.05) is 27.2 Å². The summed E-state index contributed by atoms with van der Waals surface area (Å²) in [6.07, 6.45) is 3.09. The number of hydrogen-bond acceptors (Lipinski definition) is 2. The number of H-pyrrole nitrogens is 1. The summed E-state index contributed by atoms with van der Waals surface area (Å²) in [6, 6.07) is 14.7. The van der Waals surface area contributed by atoms with Crippen molar-refractivity contribution >= 4 is 33.5 Å². The Balaban J connectivity index is 1.59. The predicted molar refractivity (Wildman–Crippen MR) is 99.4 cm³/mol. The lowest BCUT2D eigenvalue weighted by Crippen LogP contribution is -2.16. The number of rotatable bonds is 6. The summed E-state index contributed by atoms with van der Waals surface area (Å²) in [5, 5.41) is 4.76. The van der Waals surface area contributed by atoms with E-state index in [0.29, 0.717) is 0 Å². The van der Waals surface area contributed by atoms with E-state index in [1.165, 1.54) is 20.1 Å². The van der Waals surface area contributed by atoms with E-state index < -0.39 is 0 Å². The molecule has 3 rings (SSSR count). The zero-order valence-electron chi connectivity index (χ0n) is 12.5. The molecule has 0 amide bonds. The van der Waals surface area contributed by atoms with Crippen LogP contribution in [-0.2, 0) is 13.0 Å². The average Bonchev–Trinajstić information content (AvgIpc) is 2.94. The van der Waals surface area contributed by atoms with Crippen molar-refractivity contribution in [2.45, 2.75) is 13.0 Å². The first-order valence-corrected chi connectivity index (χ1v) is 8.43. The van der Waals surface area contributed by atoms with Crippen molar-refractivity contribution in [1.82, 2.24) is 10.3 Å². The molecular weight excluding hydrogens is 387 g/mol. The highest BCUT2D eigenvalue weighted by molar-refractivity contribution is 14.1. The highest BCUT2D eigenvalue weighted by Gasteiger charge is 2.05. The Morgan fingerprint density at radius 2 is 2.09 bits per heavy atom. The molecule has 3 nitrogen and oxygen atoms in total. The number of hydrogen-bond donors (Lipinski definition) is 2. The molecule has 0 spiro atoms. The van der Waals surface area contributed by atoms with Crippen LogP contribution in [0.1, 0.15) is 11.1 Å². The standard InChI is InChI=1S/C18H19IN2O/c1-22-16-5-6-18-17(10-16)14(12-21-18)7-8-20-11-13-3-2-4-15(19)9-13/h2-6,9-10,12,20-21H,7-8,11H2,1H3. The molecule has 0 bridgehead atoms. The third-order valence-electron chi connectivity index (χ3n) is 3.76. The topological polar surface area (TPSA) is 37.0 Å². The summed E-state index contributed by atoms with van der Waals surface area (Å²) < 4.78 is 6.59. The first kappa shape index (κ1) is 15.4. The van der Waals surface area contributed by atoms with Crippen LogP contribution in [0.3, 0.4) is 0 Å². The van der Waals surface area contributed by atoms with Crippen molar-refractivity contribution in [1.29, 1.82) is 0 Å². The fraction of sp³-hybridized carbons (Fsp3) is 0.222. The molecule has 0 aliphatic rings. The SMILES string of the molecule is COc1ccc2[nH]cc(CCNCc3cccc(I)c3)c2c1. The second-order valence-electron chi connectivity index (χ2n) is 5.28. The zero-order chi connectivity index (χ0) is 15.4. The predicted octanol–water partition coefficient (Wildman–Crippen LogP) is 4.11. The zero-order valence-corrected chi connectivity index (χ0v) is 14.7. The van der Waals surface area contributed by atoms with Gasteiger partial charge in [-0.25, -0.2) is 0 Å². The molecule has 22 heavy (non-hydrogen) atoms. The number of benzene rings is 2. The minimum Gasteiger partial charge on any atom is -0.497 e. The van der Waals surface area contributed by atoms with Gasteiger partial charge in [0.1, 0.15) is 5.75 Å². The summed E-state index contributed by atoms with van der Waals surface area (Å²) >= 11 is 2.35. The van der Waals surface area contributed by atoms with Crippen LogP contribution in [0.5, 0.6) is 5.75 Å². The van der Waals surface area contributed by atoms with Gasteiger partial charge in [0.25, 0.3) is 0 Å². The Morgan fingerprint density at radius 3 is 2.91 bits per heavy atom. The van der Waals surface area contributed by atoms with Gasteiger partial charge >= 0.3 is 0 Å². The van der Waals surface area contributed by atoms with Gasteiger partial charge in [0.15, 0.2) is 0 Å². The molecule has 4 heteroatoms. The largest absolute Gasteiger partial charge is 0.497 e. The maximum Gasteiger partial charge on any atom is 0.119 e. The lowest BCUT2D eigenvalue weighted by Gasteiger charge is -2.06. The first-order valence-electron chi connectivity index (χ1n) is 7.35. The van der Waals surface area contributed by atoms with Gasteiger partial charge in [-0.15, -0.1) is 0 Å². The number of ether oxygens (including phenoxy) is 1. The molecule has 0 aliphatic carbocycles. The summed E-state index contributed by atoms with van der Waals surface area (Å²) in [5.74, 6) is 0.903. The van der Waals surface area contributed by atoms with Gasteiger partial charge in [-0.3, -0.25) is 0 Å². The number of halogens is 1. The first-order chi connectivity index (χ1) is 10.8. The van der Waals surface area contributed by atoms with Gasteiger partial charge < -0.3 is 15.0 Å². The molecule has 0 fully saturated rings. The van der Waals surface area contributed by atoms with Gasteiger partial charge in [-0.2, -0.15) is 0 Å². The molecule has 0 atom stereocenters. The third kappa shape index (κ3) is 3.62. The molecule has 3 aromatic rings. The minimum absolute atomic E-state index is 0.903. The smallest absolute Gasteiger partial charge is 0.119 e. The van der Waals surface area contributed by atoms with Crippen LogP contribution < -0.4 is 10.1 Å². The van der Waals surface area contributed by atoms with Crippen LogP contribution in [0.15, 0.2) is 48.7 Å². The van der Waals surface area contributed by atoms with E-state index >= 15 is 0 Å². The van der Waals surface area contributed by atoms with Gasteiger partial charge in [-0.1, -0.05) is 12.1 Å². The number of aromatic nitrogens is 1. The van der Waals surface area contributed by atoms with Crippen LogP contribution in [0.4, 0.5) is 0 Å². The molecule has 0 saturated carbocycles. The molecule has 1 heterocycles. The normalized spacial score (nSPS) is 11.0. The van der Waals surface area contributed by atoms with Crippen LogP contribution in [0.2, 0.25) is 0 Å². The van der Waals surface area contributed by atoms with E-state index in [4.69, 9.17) is 4.74 Å². The van der Waals surface area contributed by atoms with E-state index in [1.807, 2.05) is 6.07 Å². The molecule has 2 N–H and O–H groups in total. The van der Waals surface area contributed by atoms with E-state index in [1.54, 1.807) is 7.11 Å². The average molecular weight is 406 g/mol. The van der Waals surface area contributed by atoms with Crippen LogP contribution in [0.25, 0.3) is 10.9 Å². The highest BCUT2D eigenvalue weighted by Crippen LogP contribution is 2.23. The molecule has 114 valence electrons. The van der Waals surface area contributed by atoms with Crippen molar-refractivity contribution in [3.05, 3.63) is 63.4 Å². The molecule has 0 radical (unpaired) electrons. The monoisotopic (exact) mass is 406 g/mol. The van der Waals surface area contributed by atoms with Gasteiger partial charge in [0.05, 0.1) is 7.11 Å². The quantitative estimate of drug-likeness (QED) is 0.478. The van der Waals surface area contributed by atoms with Crippen molar-refractivity contribution in [3.8, 4) is 5.75 Å². The third-order valence-corrected chi connectivity index (χ3v) is 4.43. The van der Waals surface area contributed by atoms with Gasteiger partial charge in [0.2, 0.25) is 0 Å². The van der Waals surface area contributed by atoms with E-state index in [2.05, 4.69) is 75.5 Å². The molecule has 0 unspecified atom stereocenters. The Hall–Kier alpha value is -1.53. The van der Waals surface area contributed by atoms with Crippen molar-refractivity contribution < 1.29 is 4.74 Å². The Labute approximate surface area is 144 Å². The summed E-state index contributed by atoms with van der Waals surface area (Å²) in [7, 11) is 1.70. The number of aromatic amines is 1. The number of methoxy groups -OCH3 is 1. The van der Waals surface area contributed by atoms with Gasteiger partial charge in [-0.05, 0) is 77.0 Å². The molecule has 1 aromatic heterocycles. The Morgan fingerprint density at radius 1 is 1.18 bits per heavy atom. The maximum atomic E-state index is 5.31. The number of nitrogens with one attached hydrogen (secondary N) is 2. The van der Waals surface area contributed by atoms with Crippen LogP contribution in [-0.4, -0.2) is 18.6 Å². The summed E-state index contributed by atoms with van der Waals surface area (Å²) in [5.41, 5.74) is 3.81. The number of fused-ring (bicyclic) bond motifs is 1. The summed E-state index contributed by atoms with van der Waals surface area (Å²) in [6.45, 7) is 1.86. The highest BCUT2D eigenvalue weighted by atomic mass is 127. The maximum absolute atomic E-state index is 5.31. The van der Waals surface area contributed by atoms with E-state index in [-0.39, 0.29) is 0 Å². The fourth-order valence-electron chi connectivity index (χ4n) is 2.59. The lowest BCUT2D eigenvalue weighted by molar-refractivity contribution is 0.415. The lowest BCUT2D eigenvalue weighted by atomic mass is 10.1. The second-order valence-corrected chi connectivity index (χ2v) is 6.53. The minimum atomic E-state index is 0.903. The molecular formula is C18H19IN2O. The van der Waals surface area contributed by atoms with Crippen molar-refractivity contribution in [2.24, 2.45) is 0 Å². The fourth-order valence-corrected chi connectivity index (χ4v) is 3.20. The van der Waals surface area contributed by atoms with Crippen LogP contribution in [0, 0.1) is 3.57 Å². The van der Waals surface area contributed by atoms with E-state index in [0.717, 1.165) is 30.8 Å². The Kier molecular flexibility index (Phi) is 5.00. The Bertz CT molecular complexity index is 767.